The maximum Gasteiger partial charge on any atom is 0.219 e. The second-order valence-corrected chi connectivity index (χ2v) is 8.88. The van der Waals surface area contributed by atoms with E-state index in [1.165, 1.54) is 19.2 Å². The number of carbonyl (C=O) groups excluding carboxylic acids is 1. The van der Waals surface area contributed by atoms with E-state index in [0.717, 1.165) is 6.07 Å². The van der Waals surface area contributed by atoms with Gasteiger partial charge in [-0.3, -0.25) is 4.79 Å². The zero-order valence-corrected chi connectivity index (χ0v) is 16.8. The number of halogens is 1. The van der Waals surface area contributed by atoms with Crippen molar-refractivity contribution in [3.05, 3.63) is 89.0 Å². The Kier molecular flexibility index (Phi) is 5.59. The molecule has 0 radical (unpaired) electrons. The summed E-state index contributed by atoms with van der Waals surface area (Å²) in [6, 6.07) is 15.5. The quantitative estimate of drug-likeness (QED) is 0.578. The molecule has 152 valence electrons. The first-order valence-corrected chi connectivity index (χ1v) is 10.3. The fourth-order valence-corrected chi connectivity index (χ4v) is 4.02. The van der Waals surface area contributed by atoms with Crippen LogP contribution in [-0.2, 0) is 21.2 Å². The first-order valence-electron chi connectivity index (χ1n) is 8.80. The zero-order chi connectivity index (χ0) is 21.2. The van der Waals surface area contributed by atoms with Gasteiger partial charge in [0.05, 0.1) is 18.4 Å². The van der Waals surface area contributed by atoms with E-state index in [2.05, 4.69) is 4.98 Å². The summed E-state index contributed by atoms with van der Waals surface area (Å²) in [6.07, 6.45) is 0.0453. The fraction of sp³-hybridized carbons (Fsp3) is 0.190. The normalized spacial score (nSPS) is 13.7. The number of methoxy groups -OCH3 is 1. The highest BCUT2D eigenvalue weighted by Crippen LogP contribution is 2.32. The van der Waals surface area contributed by atoms with Crippen LogP contribution < -0.4 is 9.88 Å². The van der Waals surface area contributed by atoms with Gasteiger partial charge in [0.15, 0.2) is 0 Å². The molecule has 0 bridgehead atoms. The van der Waals surface area contributed by atoms with E-state index in [1.807, 2.05) is 0 Å². The van der Waals surface area contributed by atoms with Gasteiger partial charge in [-0.15, -0.1) is 0 Å². The largest absolute Gasteiger partial charge is 0.496 e. The minimum absolute atomic E-state index is 0.0453. The Bertz CT molecular complexity index is 1140. The van der Waals surface area contributed by atoms with E-state index in [4.69, 9.17) is 9.88 Å². The van der Waals surface area contributed by atoms with Gasteiger partial charge in [0.1, 0.15) is 16.3 Å². The lowest BCUT2D eigenvalue weighted by molar-refractivity contribution is 0.103. The number of carbonyl (C=O) groups is 1. The van der Waals surface area contributed by atoms with E-state index < -0.39 is 26.4 Å². The van der Waals surface area contributed by atoms with Crippen LogP contribution in [0.15, 0.2) is 60.7 Å². The van der Waals surface area contributed by atoms with E-state index in [-0.39, 0.29) is 23.4 Å². The molecule has 2 aromatic carbocycles. The molecule has 0 amide bonds. The number of hydrogen-bond acceptors (Lipinski definition) is 4. The summed E-state index contributed by atoms with van der Waals surface area (Å²) in [5.41, 5.74) is 1.49. The Balaban J connectivity index is 1.94. The van der Waals surface area contributed by atoms with Crippen LogP contribution in [-0.4, -0.2) is 26.3 Å². The summed E-state index contributed by atoms with van der Waals surface area (Å²) in [5, 5.41) is 5.54. The van der Waals surface area contributed by atoms with Gasteiger partial charge in [-0.2, -0.15) is 0 Å². The maximum absolute atomic E-state index is 13.4. The molecule has 1 atom stereocenters. The lowest BCUT2D eigenvalue weighted by atomic mass is 9.95. The molecule has 3 rings (SSSR count). The Morgan fingerprint density at radius 3 is 2.45 bits per heavy atom. The van der Waals surface area contributed by atoms with Crippen molar-refractivity contribution in [2.75, 3.05) is 7.11 Å². The molecule has 6 nitrogen and oxygen atoms in total. The molecule has 0 spiro atoms. The van der Waals surface area contributed by atoms with E-state index >= 15 is 0 Å². The SMILES string of the molecule is COc1cc(F)ccc1C(=O)c1ccc(CC(C)(c2ccccc2)S(N)(=O)=O)[nH]1. The number of aromatic nitrogens is 1. The van der Waals surface area contributed by atoms with Crippen LogP contribution in [0.1, 0.15) is 34.2 Å². The monoisotopic (exact) mass is 416 g/mol. The van der Waals surface area contributed by atoms with E-state index in [1.54, 1.807) is 49.4 Å². The number of ketones is 1. The number of ether oxygens (including phenoxy) is 1. The molecule has 0 aliphatic heterocycles. The molecule has 1 heterocycles. The summed E-state index contributed by atoms with van der Waals surface area (Å²) < 4.78 is 41.9. The van der Waals surface area contributed by atoms with Crippen molar-refractivity contribution in [1.82, 2.24) is 4.98 Å². The molecule has 0 fully saturated rings. The number of sulfonamides is 1. The van der Waals surface area contributed by atoms with Crippen molar-refractivity contribution in [2.45, 2.75) is 18.1 Å². The minimum atomic E-state index is -3.96. The standard InChI is InChI=1S/C21H21FN2O4S/c1-21(29(23,26)27,14-6-4-3-5-7-14)13-16-9-11-18(24-16)20(25)17-10-8-15(22)12-19(17)28-2/h3-12,24H,13H2,1-2H3,(H2,23,26,27). The third-order valence-corrected chi connectivity index (χ3v) is 6.58. The highest BCUT2D eigenvalue weighted by molar-refractivity contribution is 7.90. The molecule has 0 saturated carbocycles. The van der Waals surface area contributed by atoms with Crippen molar-refractivity contribution < 1.29 is 22.3 Å². The predicted octanol–water partition coefficient (Wildman–Crippen LogP) is 3.14. The molecule has 0 aliphatic carbocycles. The molecular formula is C21H21FN2O4S. The minimum Gasteiger partial charge on any atom is -0.496 e. The molecule has 8 heteroatoms. The van der Waals surface area contributed by atoms with Gasteiger partial charge in [-0.05, 0) is 36.8 Å². The Morgan fingerprint density at radius 1 is 1.14 bits per heavy atom. The average Bonchev–Trinajstić information content (AvgIpc) is 3.15. The number of H-pyrrole nitrogens is 1. The lowest BCUT2D eigenvalue weighted by Gasteiger charge is -2.27. The first-order chi connectivity index (χ1) is 13.7. The Labute approximate surface area is 168 Å². The van der Waals surface area contributed by atoms with Crippen LogP contribution in [0.5, 0.6) is 5.75 Å². The molecule has 1 aromatic heterocycles. The summed E-state index contributed by atoms with van der Waals surface area (Å²) in [5.74, 6) is -0.799. The smallest absolute Gasteiger partial charge is 0.219 e. The molecule has 0 aliphatic rings. The summed E-state index contributed by atoms with van der Waals surface area (Å²) in [6.45, 7) is 1.54. The molecule has 29 heavy (non-hydrogen) atoms. The number of primary sulfonamides is 1. The summed E-state index contributed by atoms with van der Waals surface area (Å²) in [4.78, 5) is 15.8. The highest BCUT2D eigenvalue weighted by Gasteiger charge is 2.39. The topological polar surface area (TPSA) is 102 Å². The Morgan fingerprint density at radius 2 is 1.83 bits per heavy atom. The van der Waals surface area contributed by atoms with Crippen molar-refractivity contribution in [3.63, 3.8) is 0 Å². The number of hydrogen-bond donors (Lipinski definition) is 2. The zero-order valence-electron chi connectivity index (χ0n) is 16.0. The number of benzene rings is 2. The Hall–Kier alpha value is -2.97. The molecule has 0 saturated heterocycles. The number of nitrogens with two attached hydrogens (primary N) is 1. The second kappa shape index (κ2) is 7.81. The van der Waals surface area contributed by atoms with Gasteiger partial charge in [0.25, 0.3) is 0 Å². The van der Waals surface area contributed by atoms with Crippen LogP contribution in [0.4, 0.5) is 4.39 Å². The first kappa shape index (κ1) is 20.8. The van der Waals surface area contributed by atoms with Crippen molar-refractivity contribution in [1.29, 1.82) is 0 Å². The van der Waals surface area contributed by atoms with Crippen LogP contribution in [0, 0.1) is 5.82 Å². The van der Waals surface area contributed by atoms with Crippen LogP contribution in [0.3, 0.4) is 0 Å². The predicted molar refractivity (Wildman–Crippen MR) is 108 cm³/mol. The third kappa shape index (κ3) is 4.08. The van der Waals surface area contributed by atoms with E-state index in [9.17, 15) is 17.6 Å². The average molecular weight is 416 g/mol. The molecular weight excluding hydrogens is 395 g/mol. The molecule has 3 N–H and O–H groups in total. The van der Waals surface area contributed by atoms with Crippen LogP contribution in [0.2, 0.25) is 0 Å². The number of nitrogens with one attached hydrogen (secondary N) is 1. The number of rotatable bonds is 7. The van der Waals surface area contributed by atoms with Gasteiger partial charge in [-0.1, -0.05) is 30.3 Å². The number of aromatic amines is 1. The van der Waals surface area contributed by atoms with Crippen LogP contribution >= 0.6 is 0 Å². The lowest BCUT2D eigenvalue weighted by Crippen LogP contribution is -2.40. The van der Waals surface area contributed by atoms with Gasteiger partial charge in [0, 0.05) is 18.2 Å². The van der Waals surface area contributed by atoms with Crippen molar-refractivity contribution >= 4 is 15.8 Å². The summed E-state index contributed by atoms with van der Waals surface area (Å²) >= 11 is 0. The molecule has 3 aromatic rings. The molecule has 1 unspecified atom stereocenters. The summed E-state index contributed by atoms with van der Waals surface area (Å²) in [7, 11) is -2.61. The van der Waals surface area contributed by atoms with Crippen molar-refractivity contribution in [2.24, 2.45) is 5.14 Å². The second-order valence-electron chi connectivity index (χ2n) is 6.89. The van der Waals surface area contributed by atoms with E-state index in [0.29, 0.717) is 11.3 Å². The maximum atomic E-state index is 13.4. The fourth-order valence-electron chi connectivity index (χ4n) is 3.19. The van der Waals surface area contributed by atoms with Gasteiger partial charge in [0.2, 0.25) is 15.8 Å². The third-order valence-electron chi connectivity index (χ3n) is 4.94. The van der Waals surface area contributed by atoms with Gasteiger partial charge >= 0.3 is 0 Å². The van der Waals surface area contributed by atoms with Gasteiger partial charge in [-0.25, -0.2) is 17.9 Å². The highest BCUT2D eigenvalue weighted by atomic mass is 32.2. The van der Waals surface area contributed by atoms with Crippen molar-refractivity contribution in [3.8, 4) is 5.75 Å². The van der Waals surface area contributed by atoms with Gasteiger partial charge < -0.3 is 9.72 Å². The van der Waals surface area contributed by atoms with Crippen LogP contribution in [0.25, 0.3) is 0 Å².